The summed E-state index contributed by atoms with van der Waals surface area (Å²) in [6.07, 6.45) is 2.04. The summed E-state index contributed by atoms with van der Waals surface area (Å²) in [7, 11) is 1.85. The first-order valence-electron chi connectivity index (χ1n) is 7.58. The zero-order chi connectivity index (χ0) is 15.4. The van der Waals surface area contributed by atoms with Gasteiger partial charge in [0.15, 0.2) is 0 Å². The first-order chi connectivity index (χ1) is 9.97. The standard InChI is InChI=1S/C16H25N3O2/c1-11(2)14-8-13(9-15(17)18-14)16(20)19(3)10-12-4-6-21-7-5-12/h8-9,11-12H,4-7,10H2,1-3H3,(H2,17,18). The van der Waals surface area contributed by atoms with Gasteiger partial charge in [-0.2, -0.15) is 0 Å². The van der Waals surface area contributed by atoms with Crippen LogP contribution < -0.4 is 5.73 Å². The summed E-state index contributed by atoms with van der Waals surface area (Å²) in [5, 5.41) is 0. The second-order valence-electron chi connectivity index (χ2n) is 6.10. The van der Waals surface area contributed by atoms with Crippen LogP contribution in [0.1, 0.15) is 48.7 Å². The summed E-state index contributed by atoms with van der Waals surface area (Å²) in [4.78, 5) is 18.6. The Balaban J connectivity index is 2.07. The number of aromatic nitrogens is 1. The van der Waals surface area contributed by atoms with Gasteiger partial charge in [-0.15, -0.1) is 0 Å². The van der Waals surface area contributed by atoms with E-state index in [4.69, 9.17) is 10.5 Å². The molecule has 116 valence electrons. The van der Waals surface area contributed by atoms with Gasteiger partial charge in [0.05, 0.1) is 0 Å². The molecule has 0 bridgehead atoms. The van der Waals surface area contributed by atoms with Gasteiger partial charge in [0.2, 0.25) is 0 Å². The third kappa shape index (κ3) is 4.17. The number of ether oxygens (including phenoxy) is 1. The highest BCUT2D eigenvalue weighted by molar-refractivity contribution is 5.94. The molecule has 2 heterocycles. The zero-order valence-electron chi connectivity index (χ0n) is 13.1. The number of pyridine rings is 1. The third-order valence-corrected chi connectivity index (χ3v) is 3.92. The van der Waals surface area contributed by atoms with Crippen molar-refractivity contribution in [3.63, 3.8) is 0 Å². The molecule has 0 aliphatic carbocycles. The molecule has 1 aromatic heterocycles. The van der Waals surface area contributed by atoms with Crippen LogP contribution in [0.4, 0.5) is 5.82 Å². The van der Waals surface area contributed by atoms with E-state index in [9.17, 15) is 4.79 Å². The van der Waals surface area contributed by atoms with Crippen molar-refractivity contribution in [3.05, 3.63) is 23.4 Å². The van der Waals surface area contributed by atoms with Crippen molar-refractivity contribution in [1.82, 2.24) is 9.88 Å². The van der Waals surface area contributed by atoms with Crippen LogP contribution in [0.2, 0.25) is 0 Å². The van der Waals surface area contributed by atoms with Crippen molar-refractivity contribution < 1.29 is 9.53 Å². The topological polar surface area (TPSA) is 68.5 Å². The maximum absolute atomic E-state index is 12.6. The van der Waals surface area contributed by atoms with E-state index in [1.54, 1.807) is 11.0 Å². The molecule has 21 heavy (non-hydrogen) atoms. The second kappa shape index (κ2) is 6.89. The molecular weight excluding hydrogens is 266 g/mol. The van der Waals surface area contributed by atoms with Crippen molar-refractivity contribution in [2.45, 2.75) is 32.6 Å². The summed E-state index contributed by atoms with van der Waals surface area (Å²) in [5.41, 5.74) is 7.31. The summed E-state index contributed by atoms with van der Waals surface area (Å²) in [6.45, 7) is 6.45. The minimum atomic E-state index is 0.0116. The van der Waals surface area contributed by atoms with Gasteiger partial charge >= 0.3 is 0 Å². The average Bonchev–Trinajstić information content (AvgIpc) is 2.46. The lowest BCUT2D eigenvalue weighted by atomic mass is 9.99. The molecule has 0 radical (unpaired) electrons. The highest BCUT2D eigenvalue weighted by Crippen LogP contribution is 2.19. The van der Waals surface area contributed by atoms with Crippen LogP contribution in [0, 0.1) is 5.92 Å². The van der Waals surface area contributed by atoms with Crippen molar-refractivity contribution >= 4 is 11.7 Å². The van der Waals surface area contributed by atoms with E-state index in [0.29, 0.717) is 17.3 Å². The number of carbonyl (C=O) groups excluding carboxylic acids is 1. The Kier molecular flexibility index (Phi) is 5.17. The number of nitrogens with two attached hydrogens (primary N) is 1. The summed E-state index contributed by atoms with van der Waals surface area (Å²) >= 11 is 0. The SMILES string of the molecule is CC(C)c1cc(C(=O)N(C)CC2CCOCC2)cc(N)n1. The summed E-state index contributed by atoms with van der Waals surface area (Å²) in [5.74, 6) is 1.19. The highest BCUT2D eigenvalue weighted by atomic mass is 16.5. The lowest BCUT2D eigenvalue weighted by Gasteiger charge is -2.27. The molecule has 0 saturated carbocycles. The number of amides is 1. The van der Waals surface area contributed by atoms with Gasteiger partial charge < -0.3 is 15.4 Å². The molecule has 5 heteroatoms. The number of hydrogen-bond donors (Lipinski definition) is 1. The van der Waals surface area contributed by atoms with Crippen molar-refractivity contribution in [1.29, 1.82) is 0 Å². The number of rotatable bonds is 4. The van der Waals surface area contributed by atoms with Gasteiger partial charge in [-0.3, -0.25) is 4.79 Å². The quantitative estimate of drug-likeness (QED) is 0.924. The fraction of sp³-hybridized carbons (Fsp3) is 0.625. The van der Waals surface area contributed by atoms with E-state index in [2.05, 4.69) is 4.98 Å². The first-order valence-corrected chi connectivity index (χ1v) is 7.58. The Morgan fingerprint density at radius 3 is 2.71 bits per heavy atom. The predicted octanol–water partition coefficient (Wildman–Crippen LogP) is 2.29. The van der Waals surface area contributed by atoms with Gasteiger partial charge in [0.1, 0.15) is 5.82 Å². The fourth-order valence-electron chi connectivity index (χ4n) is 2.61. The van der Waals surface area contributed by atoms with Crippen LogP contribution in [0.25, 0.3) is 0 Å². The maximum atomic E-state index is 12.6. The number of hydrogen-bond acceptors (Lipinski definition) is 4. The van der Waals surface area contributed by atoms with Crippen molar-refractivity contribution in [2.75, 3.05) is 32.5 Å². The molecule has 0 spiro atoms. The van der Waals surface area contributed by atoms with Crippen LogP contribution in [0.5, 0.6) is 0 Å². The van der Waals surface area contributed by atoms with E-state index in [1.807, 2.05) is 27.0 Å². The minimum Gasteiger partial charge on any atom is -0.384 e. The molecule has 1 aliphatic rings. The lowest BCUT2D eigenvalue weighted by molar-refractivity contribution is 0.0497. The average molecular weight is 291 g/mol. The normalized spacial score (nSPS) is 16.2. The molecule has 5 nitrogen and oxygen atoms in total. The van der Waals surface area contributed by atoms with Gasteiger partial charge in [-0.25, -0.2) is 4.98 Å². The number of anilines is 1. The Morgan fingerprint density at radius 2 is 2.10 bits per heavy atom. The van der Waals surface area contributed by atoms with Gasteiger partial charge in [-0.1, -0.05) is 13.8 Å². The zero-order valence-corrected chi connectivity index (χ0v) is 13.1. The lowest BCUT2D eigenvalue weighted by Crippen LogP contribution is -2.34. The number of nitrogen functional groups attached to an aromatic ring is 1. The van der Waals surface area contributed by atoms with Gasteiger partial charge in [0, 0.05) is 38.1 Å². The molecule has 1 saturated heterocycles. The molecule has 2 rings (SSSR count). The molecule has 0 atom stereocenters. The third-order valence-electron chi connectivity index (χ3n) is 3.92. The monoisotopic (exact) mass is 291 g/mol. The van der Waals surface area contributed by atoms with E-state index in [1.165, 1.54) is 0 Å². The van der Waals surface area contributed by atoms with E-state index in [-0.39, 0.29) is 11.8 Å². The van der Waals surface area contributed by atoms with E-state index >= 15 is 0 Å². The minimum absolute atomic E-state index is 0.0116. The molecule has 1 aromatic rings. The Morgan fingerprint density at radius 1 is 1.43 bits per heavy atom. The second-order valence-corrected chi connectivity index (χ2v) is 6.10. The molecule has 1 aliphatic heterocycles. The van der Waals surface area contributed by atoms with Crippen LogP contribution >= 0.6 is 0 Å². The first kappa shape index (κ1) is 15.8. The fourth-order valence-corrected chi connectivity index (χ4v) is 2.61. The van der Waals surface area contributed by atoms with Gasteiger partial charge in [-0.05, 0) is 36.8 Å². The van der Waals surface area contributed by atoms with E-state index in [0.717, 1.165) is 38.3 Å². The molecule has 1 amide bonds. The molecule has 0 unspecified atom stereocenters. The Bertz CT molecular complexity index is 496. The molecular formula is C16H25N3O2. The molecule has 2 N–H and O–H groups in total. The summed E-state index contributed by atoms with van der Waals surface area (Å²) < 4.78 is 5.36. The maximum Gasteiger partial charge on any atom is 0.253 e. The van der Waals surface area contributed by atoms with Crippen LogP contribution in [0.15, 0.2) is 12.1 Å². The predicted molar refractivity (Wildman–Crippen MR) is 83.2 cm³/mol. The molecule has 0 aromatic carbocycles. The van der Waals surface area contributed by atoms with Crippen molar-refractivity contribution in [2.24, 2.45) is 5.92 Å². The largest absolute Gasteiger partial charge is 0.384 e. The Hall–Kier alpha value is -1.62. The van der Waals surface area contributed by atoms with Crippen LogP contribution in [0.3, 0.4) is 0 Å². The number of carbonyl (C=O) groups is 1. The van der Waals surface area contributed by atoms with Crippen LogP contribution in [-0.4, -0.2) is 42.6 Å². The summed E-state index contributed by atoms with van der Waals surface area (Å²) in [6, 6.07) is 3.51. The van der Waals surface area contributed by atoms with Crippen molar-refractivity contribution in [3.8, 4) is 0 Å². The highest BCUT2D eigenvalue weighted by Gasteiger charge is 2.20. The van der Waals surface area contributed by atoms with E-state index < -0.39 is 0 Å². The number of nitrogens with zero attached hydrogens (tertiary/aromatic N) is 2. The van der Waals surface area contributed by atoms with Gasteiger partial charge in [0.25, 0.3) is 5.91 Å². The van der Waals surface area contributed by atoms with Crippen LogP contribution in [-0.2, 0) is 4.74 Å². The smallest absolute Gasteiger partial charge is 0.253 e. The molecule has 1 fully saturated rings. The Labute approximate surface area is 126 Å².